The Morgan fingerprint density at radius 3 is 2.62 bits per heavy atom. The van der Waals surface area contributed by atoms with Crippen LogP contribution in [0.5, 0.6) is 11.5 Å². The van der Waals surface area contributed by atoms with Crippen molar-refractivity contribution in [2.45, 2.75) is 6.61 Å². The molecule has 0 spiro atoms. The third-order valence-electron chi connectivity index (χ3n) is 2.26. The van der Waals surface area contributed by atoms with Crippen molar-refractivity contribution in [2.24, 2.45) is 0 Å². The van der Waals surface area contributed by atoms with E-state index < -0.39 is 6.61 Å². The Hall–Kier alpha value is -1.84. The molecule has 4 heteroatoms. The van der Waals surface area contributed by atoms with E-state index >= 15 is 0 Å². The second-order valence-electron chi connectivity index (χ2n) is 3.22. The average molecular weight is 224 g/mol. The molecule has 0 bridgehead atoms. The Bertz CT molecular complexity index is 497. The highest BCUT2D eigenvalue weighted by molar-refractivity contribution is 5.89. The molecular formula is C12H10F2O2. The lowest BCUT2D eigenvalue weighted by Gasteiger charge is -2.08. The van der Waals surface area contributed by atoms with Gasteiger partial charge in [-0.1, -0.05) is 12.1 Å². The fourth-order valence-corrected chi connectivity index (χ4v) is 1.59. The molecule has 0 aliphatic carbocycles. The van der Waals surface area contributed by atoms with Crippen LogP contribution in [0, 0.1) is 0 Å². The summed E-state index contributed by atoms with van der Waals surface area (Å²) in [6, 6.07) is 10.2. The van der Waals surface area contributed by atoms with Crippen molar-refractivity contribution in [3.05, 3.63) is 36.4 Å². The molecule has 0 radical (unpaired) electrons. The SMILES string of the molecule is COc1cccc2cc(OC(F)F)ccc12. The van der Waals surface area contributed by atoms with Crippen molar-refractivity contribution in [1.29, 1.82) is 0 Å². The third-order valence-corrected chi connectivity index (χ3v) is 2.26. The highest BCUT2D eigenvalue weighted by Crippen LogP contribution is 2.28. The number of benzene rings is 2. The van der Waals surface area contributed by atoms with Crippen LogP contribution in [0.2, 0.25) is 0 Å². The van der Waals surface area contributed by atoms with Gasteiger partial charge in [-0.2, -0.15) is 8.78 Å². The van der Waals surface area contributed by atoms with Gasteiger partial charge in [-0.15, -0.1) is 0 Å². The van der Waals surface area contributed by atoms with Gasteiger partial charge in [0.05, 0.1) is 7.11 Å². The molecule has 0 saturated carbocycles. The predicted molar refractivity (Wildman–Crippen MR) is 57.1 cm³/mol. The van der Waals surface area contributed by atoms with E-state index in [0.29, 0.717) is 5.75 Å². The minimum Gasteiger partial charge on any atom is -0.496 e. The lowest BCUT2D eigenvalue weighted by molar-refractivity contribution is -0.0497. The van der Waals surface area contributed by atoms with Crippen LogP contribution in [-0.2, 0) is 0 Å². The summed E-state index contributed by atoms with van der Waals surface area (Å²) in [5.41, 5.74) is 0. The first-order chi connectivity index (χ1) is 7.70. The van der Waals surface area contributed by atoms with Crippen LogP contribution in [0.4, 0.5) is 8.78 Å². The van der Waals surface area contributed by atoms with Gasteiger partial charge in [-0.25, -0.2) is 0 Å². The number of halogens is 2. The second-order valence-corrected chi connectivity index (χ2v) is 3.22. The van der Waals surface area contributed by atoms with Crippen molar-refractivity contribution < 1.29 is 18.3 Å². The number of methoxy groups -OCH3 is 1. The topological polar surface area (TPSA) is 18.5 Å². The highest BCUT2D eigenvalue weighted by atomic mass is 19.3. The summed E-state index contributed by atoms with van der Waals surface area (Å²) in [6.45, 7) is -2.80. The first kappa shape index (κ1) is 10.7. The quantitative estimate of drug-likeness (QED) is 0.794. The highest BCUT2D eigenvalue weighted by Gasteiger charge is 2.06. The molecule has 2 rings (SSSR count). The Labute approximate surface area is 91.4 Å². The molecule has 0 saturated heterocycles. The molecular weight excluding hydrogens is 214 g/mol. The number of ether oxygens (including phenoxy) is 2. The first-order valence-corrected chi connectivity index (χ1v) is 4.72. The van der Waals surface area contributed by atoms with E-state index in [1.54, 1.807) is 25.3 Å². The standard InChI is InChI=1S/C12H10F2O2/c1-15-11-4-2-3-8-7-9(16-12(13)14)5-6-10(8)11/h2-7,12H,1H3. The molecule has 0 aromatic heterocycles. The summed E-state index contributed by atoms with van der Waals surface area (Å²) in [7, 11) is 1.57. The molecule has 2 aromatic carbocycles. The van der Waals surface area contributed by atoms with Crippen LogP contribution in [0.3, 0.4) is 0 Å². The van der Waals surface area contributed by atoms with Crippen molar-refractivity contribution in [3.63, 3.8) is 0 Å². The Kier molecular flexibility index (Phi) is 2.90. The maximum Gasteiger partial charge on any atom is 0.387 e. The molecule has 2 aromatic rings. The minimum absolute atomic E-state index is 0.149. The number of rotatable bonds is 3. The molecule has 0 atom stereocenters. The summed E-state index contributed by atoms with van der Waals surface area (Å²) >= 11 is 0. The number of fused-ring (bicyclic) bond motifs is 1. The van der Waals surface area contributed by atoms with Crippen LogP contribution >= 0.6 is 0 Å². The Balaban J connectivity index is 2.47. The zero-order valence-corrected chi connectivity index (χ0v) is 8.61. The van der Waals surface area contributed by atoms with Gasteiger partial charge in [0.2, 0.25) is 0 Å². The predicted octanol–water partition coefficient (Wildman–Crippen LogP) is 3.45. The normalized spacial score (nSPS) is 10.8. The van der Waals surface area contributed by atoms with Crippen LogP contribution in [-0.4, -0.2) is 13.7 Å². The largest absolute Gasteiger partial charge is 0.496 e. The lowest BCUT2D eigenvalue weighted by Crippen LogP contribution is -2.01. The number of hydrogen-bond acceptors (Lipinski definition) is 2. The van der Waals surface area contributed by atoms with Gasteiger partial charge < -0.3 is 9.47 Å². The first-order valence-electron chi connectivity index (χ1n) is 4.72. The van der Waals surface area contributed by atoms with Crippen molar-refractivity contribution in [2.75, 3.05) is 7.11 Å². The zero-order valence-electron chi connectivity index (χ0n) is 8.61. The van der Waals surface area contributed by atoms with E-state index in [2.05, 4.69) is 4.74 Å². The van der Waals surface area contributed by atoms with Gasteiger partial charge in [-0.05, 0) is 29.7 Å². The molecule has 16 heavy (non-hydrogen) atoms. The summed E-state index contributed by atoms with van der Waals surface area (Å²) in [5.74, 6) is 0.858. The van der Waals surface area contributed by atoms with E-state index in [1.165, 1.54) is 6.07 Å². The van der Waals surface area contributed by atoms with Crippen molar-refractivity contribution in [1.82, 2.24) is 0 Å². The molecule has 0 unspecified atom stereocenters. The molecule has 0 heterocycles. The zero-order chi connectivity index (χ0) is 11.5. The second kappa shape index (κ2) is 4.35. The average Bonchev–Trinajstić information content (AvgIpc) is 2.27. The minimum atomic E-state index is -2.80. The van der Waals surface area contributed by atoms with Crippen LogP contribution < -0.4 is 9.47 Å². The summed E-state index contributed by atoms with van der Waals surface area (Å²) in [5, 5.41) is 1.67. The van der Waals surface area contributed by atoms with Gasteiger partial charge in [0, 0.05) is 5.39 Å². The van der Waals surface area contributed by atoms with Crippen LogP contribution in [0.1, 0.15) is 0 Å². The van der Waals surface area contributed by atoms with E-state index in [9.17, 15) is 8.78 Å². The summed E-state index contributed by atoms with van der Waals surface area (Å²) in [4.78, 5) is 0. The van der Waals surface area contributed by atoms with E-state index in [0.717, 1.165) is 10.8 Å². The smallest absolute Gasteiger partial charge is 0.387 e. The van der Waals surface area contributed by atoms with Gasteiger partial charge in [0.25, 0.3) is 0 Å². The molecule has 0 amide bonds. The summed E-state index contributed by atoms with van der Waals surface area (Å²) in [6.07, 6.45) is 0. The van der Waals surface area contributed by atoms with Gasteiger partial charge in [0.1, 0.15) is 11.5 Å². The maximum absolute atomic E-state index is 12.0. The van der Waals surface area contributed by atoms with E-state index in [-0.39, 0.29) is 5.75 Å². The van der Waals surface area contributed by atoms with E-state index in [1.807, 2.05) is 12.1 Å². The maximum atomic E-state index is 12.0. The van der Waals surface area contributed by atoms with Crippen LogP contribution in [0.15, 0.2) is 36.4 Å². The fraction of sp³-hybridized carbons (Fsp3) is 0.167. The molecule has 84 valence electrons. The van der Waals surface area contributed by atoms with Gasteiger partial charge >= 0.3 is 6.61 Å². The van der Waals surface area contributed by atoms with Crippen molar-refractivity contribution >= 4 is 10.8 Å². The number of alkyl halides is 2. The third kappa shape index (κ3) is 2.05. The Morgan fingerprint density at radius 2 is 1.94 bits per heavy atom. The number of hydrogen-bond donors (Lipinski definition) is 0. The van der Waals surface area contributed by atoms with Gasteiger partial charge in [0.15, 0.2) is 0 Å². The van der Waals surface area contributed by atoms with Crippen LogP contribution in [0.25, 0.3) is 10.8 Å². The molecule has 2 nitrogen and oxygen atoms in total. The Morgan fingerprint density at radius 1 is 1.12 bits per heavy atom. The van der Waals surface area contributed by atoms with Gasteiger partial charge in [-0.3, -0.25) is 0 Å². The fourth-order valence-electron chi connectivity index (χ4n) is 1.59. The molecule has 0 aliphatic heterocycles. The molecule has 0 aliphatic rings. The summed E-state index contributed by atoms with van der Waals surface area (Å²) < 4.78 is 33.5. The van der Waals surface area contributed by atoms with Crippen molar-refractivity contribution in [3.8, 4) is 11.5 Å². The monoisotopic (exact) mass is 224 g/mol. The van der Waals surface area contributed by atoms with E-state index in [4.69, 9.17) is 4.74 Å². The molecule has 0 fully saturated rings. The lowest BCUT2D eigenvalue weighted by atomic mass is 10.1. The molecule has 0 N–H and O–H groups in total.